The topological polar surface area (TPSA) is 77.8 Å². The van der Waals surface area contributed by atoms with E-state index in [0.717, 1.165) is 46.9 Å². The maximum atomic E-state index is 6.04. The molecule has 1 saturated carbocycles. The first-order valence-electron chi connectivity index (χ1n) is 7.60. The number of nitrogen functional groups attached to an aromatic ring is 1. The van der Waals surface area contributed by atoms with Gasteiger partial charge in [0.15, 0.2) is 0 Å². The van der Waals surface area contributed by atoms with Gasteiger partial charge in [-0.3, -0.25) is 4.48 Å². The summed E-state index contributed by atoms with van der Waals surface area (Å²) in [5.74, 6) is 1.36. The Kier molecular flexibility index (Phi) is 3.55. The molecule has 1 aromatic carbocycles. The van der Waals surface area contributed by atoms with Crippen molar-refractivity contribution in [2.75, 3.05) is 19.8 Å². The molecule has 1 aliphatic rings. The second-order valence-electron chi connectivity index (χ2n) is 6.53. The fourth-order valence-electron chi connectivity index (χ4n) is 3.44. The Labute approximate surface area is 125 Å². The van der Waals surface area contributed by atoms with Crippen molar-refractivity contribution in [3.63, 3.8) is 0 Å². The van der Waals surface area contributed by atoms with Gasteiger partial charge < -0.3 is 11.5 Å². The molecule has 5 nitrogen and oxygen atoms in total. The maximum absolute atomic E-state index is 6.04. The molecule has 21 heavy (non-hydrogen) atoms. The van der Waals surface area contributed by atoms with Gasteiger partial charge in [-0.2, -0.15) is 4.98 Å². The zero-order chi connectivity index (χ0) is 15.0. The highest BCUT2D eigenvalue weighted by Gasteiger charge is 2.36. The van der Waals surface area contributed by atoms with Crippen LogP contribution in [0.2, 0.25) is 0 Å². The van der Waals surface area contributed by atoms with Crippen LogP contribution in [0.1, 0.15) is 25.7 Å². The molecule has 1 heterocycles. The molecular weight excluding hydrogens is 262 g/mol. The molecule has 1 aliphatic carbocycles. The number of nitrogens with two attached hydrogens (primary N) is 2. The van der Waals surface area contributed by atoms with Gasteiger partial charge in [-0.25, -0.2) is 4.98 Å². The van der Waals surface area contributed by atoms with Crippen LogP contribution >= 0.6 is 0 Å². The fourth-order valence-corrected chi connectivity index (χ4v) is 3.44. The lowest BCUT2D eigenvalue weighted by Gasteiger charge is -2.40. The maximum Gasteiger partial charge on any atom is 0.240 e. The van der Waals surface area contributed by atoms with Crippen LogP contribution in [0, 0.1) is 0 Å². The molecular formula is C16H24N5+. The van der Waals surface area contributed by atoms with Crippen molar-refractivity contribution in [1.29, 1.82) is 0 Å². The summed E-state index contributed by atoms with van der Waals surface area (Å²) >= 11 is 0. The van der Waals surface area contributed by atoms with Crippen molar-refractivity contribution >= 4 is 22.7 Å². The van der Waals surface area contributed by atoms with E-state index in [1.165, 1.54) is 0 Å². The number of aromatic nitrogens is 2. The average Bonchev–Trinajstić information content (AvgIpc) is 2.46. The first kappa shape index (κ1) is 14.2. The minimum atomic E-state index is 0.349. The van der Waals surface area contributed by atoms with Crippen molar-refractivity contribution in [2.24, 2.45) is 5.73 Å². The summed E-state index contributed by atoms with van der Waals surface area (Å²) in [6, 6.07) is 8.98. The highest BCUT2D eigenvalue weighted by molar-refractivity contribution is 5.89. The van der Waals surface area contributed by atoms with E-state index in [1.807, 2.05) is 18.2 Å². The number of benzene rings is 1. The minimum absolute atomic E-state index is 0.349. The van der Waals surface area contributed by atoms with Crippen LogP contribution in [-0.4, -0.2) is 36.1 Å². The van der Waals surface area contributed by atoms with E-state index in [-0.39, 0.29) is 0 Å². The van der Waals surface area contributed by atoms with E-state index < -0.39 is 0 Å². The third-order valence-electron chi connectivity index (χ3n) is 4.80. The Bertz CT molecular complexity index is 644. The summed E-state index contributed by atoms with van der Waals surface area (Å²) in [6.07, 6.45) is 4.44. The number of quaternary nitrogens is 1. The van der Waals surface area contributed by atoms with Gasteiger partial charge in [-0.1, -0.05) is 12.1 Å². The van der Waals surface area contributed by atoms with E-state index in [1.54, 1.807) is 0 Å². The zero-order valence-corrected chi connectivity index (χ0v) is 12.8. The highest BCUT2D eigenvalue weighted by Crippen LogP contribution is 2.34. The van der Waals surface area contributed by atoms with Gasteiger partial charge in [0.2, 0.25) is 11.8 Å². The standard InChI is InChI=1S/C16H24N5/c1-21(2,12-9-7-11(17)8-10-12)15-13-5-3-4-6-14(13)19-16(18)20-15/h3-6,11-12H,7-10,17H2,1-2H3,(H2,18,19,20)/q+1/t11-,12+. The molecule has 1 aromatic heterocycles. The van der Waals surface area contributed by atoms with Gasteiger partial charge in [0.25, 0.3) is 0 Å². The number of nitrogens with zero attached hydrogens (tertiary/aromatic N) is 3. The van der Waals surface area contributed by atoms with Crippen LogP contribution in [0.5, 0.6) is 0 Å². The van der Waals surface area contributed by atoms with Crippen LogP contribution in [0.4, 0.5) is 11.8 Å². The summed E-state index contributed by atoms with van der Waals surface area (Å²) in [4.78, 5) is 8.92. The van der Waals surface area contributed by atoms with Gasteiger partial charge in [0.05, 0.1) is 31.0 Å². The molecule has 1 fully saturated rings. The summed E-state index contributed by atoms with van der Waals surface area (Å²) in [7, 11) is 4.44. The normalized spacial score (nSPS) is 23.4. The molecule has 0 aliphatic heterocycles. The summed E-state index contributed by atoms with van der Waals surface area (Å²) < 4.78 is 0.736. The van der Waals surface area contributed by atoms with Crippen LogP contribution in [0.25, 0.3) is 10.9 Å². The lowest BCUT2D eigenvalue weighted by molar-refractivity contribution is 0.214. The lowest BCUT2D eigenvalue weighted by Crippen LogP contribution is -2.53. The number of fused-ring (bicyclic) bond motifs is 1. The van der Waals surface area contributed by atoms with Crippen molar-refractivity contribution in [1.82, 2.24) is 14.5 Å². The summed E-state index contributed by atoms with van der Waals surface area (Å²) in [6.45, 7) is 0. The molecule has 0 atom stereocenters. The van der Waals surface area contributed by atoms with Gasteiger partial charge in [-0.15, -0.1) is 0 Å². The van der Waals surface area contributed by atoms with Crippen LogP contribution in [-0.2, 0) is 0 Å². The Balaban J connectivity index is 2.06. The second kappa shape index (κ2) is 5.24. The van der Waals surface area contributed by atoms with Gasteiger partial charge >= 0.3 is 0 Å². The minimum Gasteiger partial charge on any atom is -0.368 e. The number of anilines is 1. The highest BCUT2D eigenvalue weighted by atomic mass is 15.4. The monoisotopic (exact) mass is 286 g/mol. The van der Waals surface area contributed by atoms with Crippen LogP contribution < -0.4 is 16.0 Å². The molecule has 5 heteroatoms. The van der Waals surface area contributed by atoms with E-state index in [9.17, 15) is 0 Å². The number of rotatable bonds is 2. The number of hydrogen-bond donors (Lipinski definition) is 2. The van der Waals surface area contributed by atoms with Crippen LogP contribution in [0.3, 0.4) is 0 Å². The molecule has 2 aromatic rings. The lowest BCUT2D eigenvalue weighted by atomic mass is 9.89. The predicted molar refractivity (Wildman–Crippen MR) is 87.8 cm³/mol. The Morgan fingerprint density at radius 1 is 1.05 bits per heavy atom. The van der Waals surface area contributed by atoms with E-state index in [4.69, 9.17) is 11.5 Å². The summed E-state index contributed by atoms with van der Waals surface area (Å²) in [5.41, 5.74) is 12.9. The van der Waals surface area contributed by atoms with Crippen molar-refractivity contribution in [3.05, 3.63) is 24.3 Å². The third-order valence-corrected chi connectivity index (χ3v) is 4.80. The average molecular weight is 286 g/mol. The van der Waals surface area contributed by atoms with Gasteiger partial charge in [-0.05, 0) is 25.0 Å². The quantitative estimate of drug-likeness (QED) is 0.828. The molecule has 0 saturated heterocycles. The Hall–Kier alpha value is -1.72. The van der Waals surface area contributed by atoms with Crippen molar-refractivity contribution in [3.8, 4) is 0 Å². The number of hydrogen-bond acceptors (Lipinski definition) is 4. The van der Waals surface area contributed by atoms with Crippen molar-refractivity contribution < 1.29 is 0 Å². The predicted octanol–water partition coefficient (Wildman–Crippen LogP) is 2.05. The molecule has 4 N–H and O–H groups in total. The molecule has 0 bridgehead atoms. The number of para-hydroxylation sites is 1. The van der Waals surface area contributed by atoms with Gasteiger partial charge in [0.1, 0.15) is 0 Å². The SMILES string of the molecule is C[N+](C)(c1nc(N)nc2ccccc12)[C@H]1CC[C@@H](N)CC1. The third kappa shape index (κ3) is 2.59. The zero-order valence-electron chi connectivity index (χ0n) is 12.8. The molecule has 3 rings (SSSR count). The molecule has 112 valence electrons. The molecule has 0 spiro atoms. The van der Waals surface area contributed by atoms with Crippen molar-refractivity contribution in [2.45, 2.75) is 37.8 Å². The first-order chi connectivity index (χ1) is 9.98. The molecule has 0 unspecified atom stereocenters. The molecule has 0 amide bonds. The summed E-state index contributed by atoms with van der Waals surface area (Å²) in [5, 5.41) is 1.09. The van der Waals surface area contributed by atoms with E-state index >= 15 is 0 Å². The fraction of sp³-hybridized carbons (Fsp3) is 0.500. The largest absolute Gasteiger partial charge is 0.368 e. The second-order valence-corrected chi connectivity index (χ2v) is 6.53. The van der Waals surface area contributed by atoms with Gasteiger partial charge in [0, 0.05) is 18.9 Å². The first-order valence-corrected chi connectivity index (χ1v) is 7.60. The molecule has 0 radical (unpaired) electrons. The van der Waals surface area contributed by atoms with Crippen LogP contribution in [0.15, 0.2) is 24.3 Å². The Morgan fingerprint density at radius 3 is 2.43 bits per heavy atom. The Morgan fingerprint density at radius 2 is 1.71 bits per heavy atom. The van der Waals surface area contributed by atoms with E-state index in [2.05, 4.69) is 30.1 Å². The smallest absolute Gasteiger partial charge is 0.240 e. The van der Waals surface area contributed by atoms with E-state index in [0.29, 0.717) is 18.0 Å².